The third-order valence-electron chi connectivity index (χ3n) is 3.28. The van der Waals surface area contributed by atoms with Crippen molar-refractivity contribution in [2.24, 2.45) is 0 Å². The quantitative estimate of drug-likeness (QED) is 0.544. The van der Waals surface area contributed by atoms with Crippen molar-refractivity contribution in [1.29, 1.82) is 0 Å². The fourth-order valence-corrected chi connectivity index (χ4v) is 3.13. The third-order valence-corrected chi connectivity index (χ3v) is 5.01. The Balaban J connectivity index is 1.79. The van der Waals surface area contributed by atoms with Gasteiger partial charge in [-0.1, -0.05) is 23.7 Å². The van der Waals surface area contributed by atoms with Gasteiger partial charge in [0.25, 0.3) is 0 Å². The standard InChI is InChI=1S/C17H15ClFNO5S/c18-12-5-7-13(8-6-12)26(23,24)20-10-9-17(22)25-11-16(21)14-3-1-2-4-15(14)19/h1-8,20H,9-11H2. The molecule has 0 aliphatic rings. The van der Waals surface area contributed by atoms with Crippen molar-refractivity contribution in [3.05, 3.63) is 64.9 Å². The third kappa shape index (κ3) is 5.62. The zero-order valence-electron chi connectivity index (χ0n) is 13.4. The second kappa shape index (κ2) is 8.88. The molecule has 1 N–H and O–H groups in total. The molecule has 0 saturated heterocycles. The number of halogens is 2. The Morgan fingerprint density at radius 3 is 2.38 bits per heavy atom. The number of benzene rings is 2. The van der Waals surface area contributed by atoms with Crippen LogP contribution in [0.2, 0.25) is 5.02 Å². The molecule has 0 fully saturated rings. The second-order valence-electron chi connectivity index (χ2n) is 5.17. The number of rotatable bonds is 8. The predicted octanol–water partition coefficient (Wildman–Crippen LogP) is 2.57. The van der Waals surface area contributed by atoms with Gasteiger partial charge in [-0.05, 0) is 36.4 Å². The Morgan fingerprint density at radius 1 is 1.08 bits per heavy atom. The van der Waals surface area contributed by atoms with Crippen LogP contribution in [-0.4, -0.2) is 33.3 Å². The average molecular weight is 400 g/mol. The largest absolute Gasteiger partial charge is 0.457 e. The smallest absolute Gasteiger partial charge is 0.307 e. The van der Waals surface area contributed by atoms with Gasteiger partial charge in [-0.15, -0.1) is 0 Å². The molecule has 0 unspecified atom stereocenters. The van der Waals surface area contributed by atoms with Crippen LogP contribution >= 0.6 is 11.6 Å². The highest BCUT2D eigenvalue weighted by atomic mass is 35.5. The lowest BCUT2D eigenvalue weighted by molar-refractivity contribution is -0.142. The van der Waals surface area contributed by atoms with E-state index >= 15 is 0 Å². The second-order valence-corrected chi connectivity index (χ2v) is 7.37. The molecule has 2 aromatic carbocycles. The fraction of sp³-hybridized carbons (Fsp3) is 0.176. The summed E-state index contributed by atoms with van der Waals surface area (Å²) in [7, 11) is -3.79. The van der Waals surface area contributed by atoms with Crippen molar-refractivity contribution < 1.29 is 27.1 Å². The van der Waals surface area contributed by atoms with Crippen molar-refractivity contribution in [3.63, 3.8) is 0 Å². The summed E-state index contributed by atoms with van der Waals surface area (Å²) in [5.74, 6) is -2.17. The zero-order valence-corrected chi connectivity index (χ0v) is 15.0. The van der Waals surface area contributed by atoms with Gasteiger partial charge < -0.3 is 4.74 Å². The fourth-order valence-electron chi connectivity index (χ4n) is 1.97. The van der Waals surface area contributed by atoms with Gasteiger partial charge in [-0.3, -0.25) is 9.59 Å². The number of carbonyl (C=O) groups is 2. The summed E-state index contributed by atoms with van der Waals surface area (Å²) in [4.78, 5) is 23.4. The molecule has 0 heterocycles. The summed E-state index contributed by atoms with van der Waals surface area (Å²) < 4.78 is 44.4. The maximum atomic E-state index is 13.4. The first-order chi connectivity index (χ1) is 12.3. The van der Waals surface area contributed by atoms with Crippen molar-refractivity contribution in [2.45, 2.75) is 11.3 Å². The lowest BCUT2D eigenvalue weighted by Gasteiger charge is -2.07. The maximum Gasteiger partial charge on any atom is 0.307 e. The molecule has 0 aliphatic heterocycles. The molecule has 9 heteroatoms. The van der Waals surface area contributed by atoms with Gasteiger partial charge >= 0.3 is 5.97 Å². The summed E-state index contributed by atoms with van der Waals surface area (Å²) in [6, 6.07) is 10.9. The Hall–Kier alpha value is -2.29. The van der Waals surface area contributed by atoms with Crippen LogP contribution in [0, 0.1) is 5.82 Å². The molecule has 2 rings (SSSR count). The summed E-state index contributed by atoms with van der Waals surface area (Å²) >= 11 is 5.69. The lowest BCUT2D eigenvalue weighted by atomic mass is 10.1. The molecule has 2 aromatic rings. The Kier molecular flexibility index (Phi) is 6.84. The lowest BCUT2D eigenvalue weighted by Crippen LogP contribution is -2.27. The van der Waals surface area contributed by atoms with Gasteiger partial charge in [-0.2, -0.15) is 0 Å². The minimum Gasteiger partial charge on any atom is -0.457 e. The summed E-state index contributed by atoms with van der Waals surface area (Å²) in [6.45, 7) is -0.832. The van der Waals surface area contributed by atoms with E-state index in [0.29, 0.717) is 5.02 Å². The molecular formula is C17H15ClFNO5S. The van der Waals surface area contributed by atoms with E-state index in [1.54, 1.807) is 0 Å². The van der Waals surface area contributed by atoms with Gasteiger partial charge in [0.15, 0.2) is 6.61 Å². The van der Waals surface area contributed by atoms with Crippen molar-refractivity contribution in [3.8, 4) is 0 Å². The molecular weight excluding hydrogens is 385 g/mol. The number of Topliss-reactive ketones (excluding diaryl/α,β-unsaturated/α-hetero) is 1. The van der Waals surface area contributed by atoms with E-state index in [0.717, 1.165) is 6.07 Å². The SMILES string of the molecule is O=C(CCNS(=O)(=O)c1ccc(Cl)cc1)OCC(=O)c1ccccc1F. The van der Waals surface area contributed by atoms with Crippen LogP contribution in [-0.2, 0) is 19.6 Å². The molecule has 0 atom stereocenters. The average Bonchev–Trinajstić information content (AvgIpc) is 2.60. The van der Waals surface area contributed by atoms with E-state index in [-0.39, 0.29) is 23.4 Å². The molecule has 0 aliphatic carbocycles. The summed E-state index contributed by atoms with van der Waals surface area (Å²) in [6.07, 6.45) is -0.280. The predicted molar refractivity (Wildman–Crippen MR) is 92.9 cm³/mol. The molecule has 26 heavy (non-hydrogen) atoms. The number of esters is 1. The van der Waals surface area contributed by atoms with Crippen LogP contribution in [0.4, 0.5) is 4.39 Å². The number of sulfonamides is 1. The van der Waals surface area contributed by atoms with Gasteiger partial charge in [-0.25, -0.2) is 17.5 Å². The van der Waals surface area contributed by atoms with E-state index in [4.69, 9.17) is 16.3 Å². The van der Waals surface area contributed by atoms with E-state index in [1.165, 1.54) is 42.5 Å². The Morgan fingerprint density at radius 2 is 1.73 bits per heavy atom. The normalized spacial score (nSPS) is 11.2. The van der Waals surface area contributed by atoms with E-state index < -0.39 is 34.2 Å². The Labute approximate surface area is 155 Å². The number of nitrogens with one attached hydrogen (secondary N) is 1. The Bertz CT molecular complexity index is 900. The van der Waals surface area contributed by atoms with E-state index in [1.807, 2.05) is 0 Å². The van der Waals surface area contributed by atoms with E-state index in [9.17, 15) is 22.4 Å². The van der Waals surface area contributed by atoms with Crippen molar-refractivity contribution >= 4 is 33.4 Å². The van der Waals surface area contributed by atoms with Gasteiger partial charge in [0.2, 0.25) is 15.8 Å². The molecule has 0 radical (unpaired) electrons. The first kappa shape index (κ1) is 20.0. The summed E-state index contributed by atoms with van der Waals surface area (Å²) in [5.41, 5.74) is -0.177. The van der Waals surface area contributed by atoms with Gasteiger partial charge in [0.1, 0.15) is 5.82 Å². The summed E-state index contributed by atoms with van der Waals surface area (Å²) in [5, 5.41) is 0.395. The molecule has 0 amide bonds. The van der Waals surface area contributed by atoms with Crippen LogP contribution in [0.25, 0.3) is 0 Å². The molecule has 0 bridgehead atoms. The van der Waals surface area contributed by atoms with Crippen LogP contribution in [0.1, 0.15) is 16.8 Å². The zero-order chi connectivity index (χ0) is 19.2. The van der Waals surface area contributed by atoms with Crippen LogP contribution < -0.4 is 4.72 Å². The number of ketones is 1. The number of carbonyl (C=O) groups excluding carboxylic acids is 2. The monoisotopic (exact) mass is 399 g/mol. The molecule has 6 nitrogen and oxygen atoms in total. The number of hydrogen-bond acceptors (Lipinski definition) is 5. The van der Waals surface area contributed by atoms with Gasteiger partial charge in [0, 0.05) is 11.6 Å². The maximum absolute atomic E-state index is 13.4. The minimum absolute atomic E-state index is 0.00463. The van der Waals surface area contributed by atoms with Crippen LogP contribution in [0.15, 0.2) is 53.4 Å². The first-order valence-corrected chi connectivity index (χ1v) is 9.34. The van der Waals surface area contributed by atoms with E-state index in [2.05, 4.69) is 4.72 Å². The highest BCUT2D eigenvalue weighted by molar-refractivity contribution is 7.89. The number of ether oxygens (including phenoxy) is 1. The van der Waals surface area contributed by atoms with Crippen molar-refractivity contribution in [1.82, 2.24) is 4.72 Å². The highest BCUT2D eigenvalue weighted by Gasteiger charge is 2.16. The molecule has 0 saturated carbocycles. The van der Waals surface area contributed by atoms with Crippen LogP contribution in [0.5, 0.6) is 0 Å². The van der Waals surface area contributed by atoms with Crippen LogP contribution in [0.3, 0.4) is 0 Å². The highest BCUT2D eigenvalue weighted by Crippen LogP contribution is 2.13. The number of hydrogen-bond donors (Lipinski definition) is 1. The topological polar surface area (TPSA) is 89.5 Å². The minimum atomic E-state index is -3.79. The van der Waals surface area contributed by atoms with Gasteiger partial charge in [0.05, 0.1) is 16.9 Å². The molecule has 0 aromatic heterocycles. The molecule has 138 valence electrons. The van der Waals surface area contributed by atoms with Crippen molar-refractivity contribution in [2.75, 3.05) is 13.2 Å². The molecule has 0 spiro atoms. The first-order valence-electron chi connectivity index (χ1n) is 7.48.